The lowest BCUT2D eigenvalue weighted by molar-refractivity contribution is 0.0201. The first-order valence-corrected chi connectivity index (χ1v) is 9.65. The SMILES string of the molecule is COC(=O)c1sc(C)cc1NC(=O)NC1CCN(C(=O)OC(C)(C)C)CC1. The van der Waals surface area contributed by atoms with Gasteiger partial charge in [0.2, 0.25) is 0 Å². The first-order valence-electron chi connectivity index (χ1n) is 8.83. The van der Waals surface area contributed by atoms with Gasteiger partial charge in [-0.05, 0) is 46.6 Å². The van der Waals surface area contributed by atoms with E-state index in [4.69, 9.17) is 9.47 Å². The van der Waals surface area contributed by atoms with Crippen molar-refractivity contribution in [2.75, 3.05) is 25.5 Å². The molecule has 9 heteroatoms. The van der Waals surface area contributed by atoms with Gasteiger partial charge >= 0.3 is 18.1 Å². The van der Waals surface area contributed by atoms with E-state index in [1.165, 1.54) is 18.4 Å². The van der Waals surface area contributed by atoms with Crippen LogP contribution in [0.4, 0.5) is 15.3 Å². The number of amides is 3. The molecule has 8 nitrogen and oxygen atoms in total. The van der Waals surface area contributed by atoms with Gasteiger partial charge in [-0.25, -0.2) is 14.4 Å². The molecule has 3 amide bonds. The lowest BCUT2D eigenvalue weighted by Gasteiger charge is -2.33. The molecule has 1 fully saturated rings. The zero-order valence-electron chi connectivity index (χ0n) is 16.4. The lowest BCUT2D eigenvalue weighted by atomic mass is 10.1. The van der Waals surface area contributed by atoms with Crippen LogP contribution < -0.4 is 10.6 Å². The number of carbonyl (C=O) groups excluding carboxylic acids is 3. The highest BCUT2D eigenvalue weighted by Gasteiger charge is 2.27. The van der Waals surface area contributed by atoms with Gasteiger partial charge in [0.1, 0.15) is 10.5 Å². The molecule has 27 heavy (non-hydrogen) atoms. The van der Waals surface area contributed by atoms with Crippen molar-refractivity contribution in [1.82, 2.24) is 10.2 Å². The first-order chi connectivity index (χ1) is 12.6. The van der Waals surface area contributed by atoms with E-state index in [-0.39, 0.29) is 18.2 Å². The number of rotatable bonds is 3. The number of thiophene rings is 1. The molecular formula is C18H27N3O5S. The van der Waals surface area contributed by atoms with E-state index < -0.39 is 11.6 Å². The van der Waals surface area contributed by atoms with Crippen LogP contribution in [0.1, 0.15) is 48.2 Å². The Morgan fingerprint density at radius 3 is 2.41 bits per heavy atom. The number of urea groups is 1. The lowest BCUT2D eigenvalue weighted by Crippen LogP contribution is -2.48. The quantitative estimate of drug-likeness (QED) is 0.762. The summed E-state index contributed by atoms with van der Waals surface area (Å²) in [6, 6.07) is 1.31. The summed E-state index contributed by atoms with van der Waals surface area (Å²) in [5.74, 6) is -0.478. The number of esters is 1. The van der Waals surface area contributed by atoms with Crippen molar-refractivity contribution >= 4 is 35.1 Å². The molecular weight excluding hydrogens is 370 g/mol. The Balaban J connectivity index is 1.85. The number of aryl methyl sites for hydroxylation is 1. The molecule has 0 aromatic carbocycles. The van der Waals surface area contributed by atoms with Crippen molar-refractivity contribution in [2.24, 2.45) is 0 Å². The molecule has 0 aliphatic carbocycles. The average Bonchev–Trinajstić information content (AvgIpc) is 2.93. The maximum absolute atomic E-state index is 12.3. The van der Waals surface area contributed by atoms with Gasteiger partial charge in [0.25, 0.3) is 0 Å². The monoisotopic (exact) mass is 397 g/mol. The first kappa shape index (κ1) is 21.0. The number of hydrogen-bond acceptors (Lipinski definition) is 6. The van der Waals surface area contributed by atoms with E-state index in [1.807, 2.05) is 27.7 Å². The molecule has 1 aromatic heterocycles. The topological polar surface area (TPSA) is 97.0 Å². The Hall–Kier alpha value is -2.29. The standard InChI is InChI=1S/C18H27N3O5S/c1-11-10-13(14(27-11)15(22)25-5)20-16(23)19-12-6-8-21(9-7-12)17(24)26-18(2,3)4/h10,12H,6-9H2,1-5H3,(H2,19,20,23). The summed E-state index contributed by atoms with van der Waals surface area (Å²) in [5.41, 5.74) is -0.0877. The molecule has 2 N–H and O–H groups in total. The van der Waals surface area contributed by atoms with Gasteiger partial charge in [-0.1, -0.05) is 0 Å². The Morgan fingerprint density at radius 2 is 1.85 bits per heavy atom. The van der Waals surface area contributed by atoms with Gasteiger partial charge in [0, 0.05) is 24.0 Å². The summed E-state index contributed by atoms with van der Waals surface area (Å²) < 4.78 is 10.1. The fraction of sp³-hybridized carbons (Fsp3) is 0.611. The predicted molar refractivity (Wildman–Crippen MR) is 103 cm³/mol. The third-order valence-corrected chi connectivity index (χ3v) is 4.99. The number of carbonyl (C=O) groups is 3. The van der Waals surface area contributed by atoms with Gasteiger partial charge in [0.15, 0.2) is 0 Å². The second-order valence-corrected chi connectivity index (χ2v) is 8.69. The number of ether oxygens (including phenoxy) is 2. The fourth-order valence-electron chi connectivity index (χ4n) is 2.73. The van der Waals surface area contributed by atoms with E-state index in [0.717, 1.165) is 4.88 Å². The molecule has 1 aliphatic rings. The van der Waals surface area contributed by atoms with Crippen molar-refractivity contribution in [1.29, 1.82) is 0 Å². The molecule has 0 unspecified atom stereocenters. The van der Waals surface area contributed by atoms with E-state index in [1.54, 1.807) is 11.0 Å². The number of nitrogens with zero attached hydrogens (tertiary/aromatic N) is 1. The molecule has 0 atom stereocenters. The van der Waals surface area contributed by atoms with Gasteiger partial charge in [-0.2, -0.15) is 0 Å². The zero-order chi connectivity index (χ0) is 20.2. The maximum atomic E-state index is 12.3. The van der Waals surface area contributed by atoms with Gasteiger partial charge in [0.05, 0.1) is 12.8 Å². The molecule has 1 aliphatic heterocycles. The van der Waals surface area contributed by atoms with E-state index in [2.05, 4.69) is 10.6 Å². The van der Waals surface area contributed by atoms with Crippen LogP contribution in [-0.2, 0) is 9.47 Å². The van der Waals surface area contributed by atoms with Crippen molar-refractivity contribution < 1.29 is 23.9 Å². The fourth-order valence-corrected chi connectivity index (χ4v) is 3.61. The summed E-state index contributed by atoms with van der Waals surface area (Å²) in [7, 11) is 1.31. The predicted octanol–water partition coefficient (Wildman–Crippen LogP) is 3.36. The van der Waals surface area contributed by atoms with Crippen LogP contribution in [0.5, 0.6) is 0 Å². The highest BCUT2D eigenvalue weighted by atomic mass is 32.1. The minimum absolute atomic E-state index is 0.0509. The van der Waals surface area contributed by atoms with E-state index in [9.17, 15) is 14.4 Å². The van der Waals surface area contributed by atoms with Crippen LogP contribution in [0.15, 0.2) is 6.07 Å². The number of likely N-dealkylation sites (tertiary alicyclic amines) is 1. The molecule has 0 saturated carbocycles. The van der Waals surface area contributed by atoms with Crippen molar-refractivity contribution in [2.45, 2.75) is 52.2 Å². The molecule has 0 spiro atoms. The van der Waals surface area contributed by atoms with Crippen LogP contribution in [-0.4, -0.2) is 54.8 Å². The number of methoxy groups -OCH3 is 1. The Kier molecular flexibility index (Phi) is 6.69. The number of piperidine rings is 1. The summed E-state index contributed by atoms with van der Waals surface area (Å²) in [6.07, 6.45) is 0.945. The van der Waals surface area contributed by atoms with Crippen LogP contribution in [0, 0.1) is 6.92 Å². The van der Waals surface area contributed by atoms with Crippen LogP contribution >= 0.6 is 11.3 Å². The number of anilines is 1. The third-order valence-electron chi connectivity index (χ3n) is 3.96. The smallest absolute Gasteiger partial charge is 0.410 e. The summed E-state index contributed by atoms with van der Waals surface area (Å²) in [5, 5.41) is 5.61. The zero-order valence-corrected chi connectivity index (χ0v) is 17.2. The summed E-state index contributed by atoms with van der Waals surface area (Å²) >= 11 is 1.27. The van der Waals surface area contributed by atoms with Crippen molar-refractivity contribution in [3.05, 3.63) is 15.8 Å². The van der Waals surface area contributed by atoms with Gasteiger partial charge in [-0.3, -0.25) is 0 Å². The number of nitrogens with one attached hydrogen (secondary N) is 2. The third kappa shape index (κ3) is 6.13. The molecule has 2 rings (SSSR count). The summed E-state index contributed by atoms with van der Waals surface area (Å²) in [6.45, 7) is 8.39. The molecule has 1 saturated heterocycles. The molecule has 0 bridgehead atoms. The van der Waals surface area contributed by atoms with E-state index >= 15 is 0 Å². The second-order valence-electron chi connectivity index (χ2n) is 7.43. The minimum atomic E-state index is -0.526. The molecule has 1 aromatic rings. The van der Waals surface area contributed by atoms with Crippen molar-refractivity contribution in [3.63, 3.8) is 0 Å². The van der Waals surface area contributed by atoms with E-state index in [0.29, 0.717) is 36.5 Å². The Morgan fingerprint density at radius 1 is 1.22 bits per heavy atom. The van der Waals surface area contributed by atoms with Gasteiger partial charge < -0.3 is 25.0 Å². The van der Waals surface area contributed by atoms with Gasteiger partial charge in [-0.15, -0.1) is 11.3 Å². The minimum Gasteiger partial charge on any atom is -0.465 e. The number of hydrogen-bond donors (Lipinski definition) is 2. The van der Waals surface area contributed by atoms with Crippen LogP contribution in [0.25, 0.3) is 0 Å². The molecule has 2 heterocycles. The second kappa shape index (κ2) is 8.60. The molecule has 150 valence electrons. The highest BCUT2D eigenvalue weighted by Crippen LogP contribution is 2.27. The van der Waals surface area contributed by atoms with Crippen LogP contribution in [0.2, 0.25) is 0 Å². The maximum Gasteiger partial charge on any atom is 0.410 e. The molecule has 0 radical (unpaired) electrons. The normalized spacial score (nSPS) is 15.2. The Bertz CT molecular complexity index is 702. The highest BCUT2D eigenvalue weighted by molar-refractivity contribution is 7.14. The largest absolute Gasteiger partial charge is 0.465 e. The summed E-state index contributed by atoms with van der Waals surface area (Å²) in [4.78, 5) is 39.1. The van der Waals surface area contributed by atoms with Crippen LogP contribution in [0.3, 0.4) is 0 Å². The Labute approximate surface area is 163 Å². The average molecular weight is 397 g/mol. The van der Waals surface area contributed by atoms with Crippen molar-refractivity contribution in [3.8, 4) is 0 Å².